The zero-order chi connectivity index (χ0) is 18.7. The number of nitrogens with two attached hydrogens (primary N) is 1. The number of hydrogen-bond acceptors (Lipinski definition) is 3. The Kier molecular flexibility index (Phi) is 8.22. The molecule has 1 aromatic carbocycles. The average Bonchev–Trinajstić information content (AvgIpc) is 3.02. The van der Waals surface area contributed by atoms with E-state index in [1.807, 2.05) is 0 Å². The van der Waals surface area contributed by atoms with Gasteiger partial charge in [-0.2, -0.15) is 0 Å². The normalized spacial score (nSPS) is 25.0. The molecule has 0 radical (unpaired) electrons. The quantitative estimate of drug-likeness (QED) is 0.743. The SMILES string of the molecule is Cl.N[C@@H]1CCC[C@H]1CC(=O)N1CCCCC1C(=O)Nc1ccc(Cl)cc1Cl. The largest absolute Gasteiger partial charge is 0.331 e. The van der Waals surface area contributed by atoms with Gasteiger partial charge in [-0.3, -0.25) is 9.59 Å². The molecule has 0 aromatic heterocycles. The lowest BCUT2D eigenvalue weighted by Crippen LogP contribution is -2.50. The summed E-state index contributed by atoms with van der Waals surface area (Å²) in [6, 6.07) is 4.58. The Morgan fingerprint density at radius 3 is 2.59 bits per heavy atom. The summed E-state index contributed by atoms with van der Waals surface area (Å²) in [6.45, 7) is 0.618. The van der Waals surface area contributed by atoms with Gasteiger partial charge >= 0.3 is 0 Å². The third kappa shape index (κ3) is 5.50. The van der Waals surface area contributed by atoms with E-state index in [9.17, 15) is 9.59 Å². The fourth-order valence-electron chi connectivity index (χ4n) is 3.97. The maximum Gasteiger partial charge on any atom is 0.247 e. The highest BCUT2D eigenvalue weighted by molar-refractivity contribution is 6.36. The zero-order valence-electron chi connectivity index (χ0n) is 15.1. The molecule has 1 aromatic rings. The fourth-order valence-corrected chi connectivity index (χ4v) is 4.43. The highest BCUT2D eigenvalue weighted by atomic mass is 35.5. The maximum atomic E-state index is 12.8. The van der Waals surface area contributed by atoms with E-state index >= 15 is 0 Å². The van der Waals surface area contributed by atoms with Gasteiger partial charge in [-0.1, -0.05) is 29.6 Å². The van der Waals surface area contributed by atoms with Crippen LogP contribution in [0.4, 0.5) is 5.69 Å². The van der Waals surface area contributed by atoms with Gasteiger partial charge in [0, 0.05) is 24.0 Å². The number of piperidine rings is 1. The molecule has 3 rings (SSSR count). The Bertz CT molecular complexity index is 686. The second-order valence-electron chi connectivity index (χ2n) is 7.27. The molecule has 2 fully saturated rings. The number of nitrogens with zero attached hydrogens (tertiary/aromatic N) is 1. The summed E-state index contributed by atoms with van der Waals surface area (Å²) in [5, 5.41) is 3.74. The van der Waals surface area contributed by atoms with E-state index in [0.29, 0.717) is 35.1 Å². The van der Waals surface area contributed by atoms with Crippen LogP contribution in [0.1, 0.15) is 44.9 Å². The van der Waals surface area contributed by atoms with Gasteiger partial charge in [-0.15, -0.1) is 12.4 Å². The van der Waals surface area contributed by atoms with Crippen LogP contribution in [0.3, 0.4) is 0 Å². The Balaban J connectivity index is 0.00000261. The standard InChI is InChI=1S/C19H25Cl2N3O2.ClH/c20-13-7-8-16(14(21)11-13)23-19(26)17-6-1-2-9-24(17)18(25)10-12-4-3-5-15(12)22;/h7-8,11-12,15,17H,1-6,9-10,22H2,(H,23,26);1H/t12-,15+,17?;/m0./s1. The van der Waals surface area contributed by atoms with Crippen LogP contribution in [0.2, 0.25) is 10.0 Å². The zero-order valence-corrected chi connectivity index (χ0v) is 17.5. The van der Waals surface area contributed by atoms with E-state index in [4.69, 9.17) is 28.9 Å². The van der Waals surface area contributed by atoms with E-state index in [-0.39, 0.29) is 36.2 Å². The predicted molar refractivity (Wildman–Crippen MR) is 112 cm³/mol. The van der Waals surface area contributed by atoms with Crippen LogP contribution >= 0.6 is 35.6 Å². The van der Waals surface area contributed by atoms with Crippen LogP contribution in [0.5, 0.6) is 0 Å². The van der Waals surface area contributed by atoms with Crippen LogP contribution < -0.4 is 11.1 Å². The first-order valence-corrected chi connectivity index (χ1v) is 10.0. The lowest BCUT2D eigenvalue weighted by molar-refractivity contribution is -0.141. The van der Waals surface area contributed by atoms with Crippen molar-refractivity contribution >= 4 is 53.1 Å². The van der Waals surface area contributed by atoms with Gasteiger partial charge in [-0.05, 0) is 56.2 Å². The first-order valence-electron chi connectivity index (χ1n) is 9.26. The first kappa shape index (κ1) is 22.3. The van der Waals surface area contributed by atoms with Crippen LogP contribution in [0.25, 0.3) is 0 Å². The van der Waals surface area contributed by atoms with Crippen LogP contribution in [0, 0.1) is 5.92 Å². The van der Waals surface area contributed by atoms with E-state index in [0.717, 1.165) is 32.1 Å². The molecule has 1 unspecified atom stereocenters. The predicted octanol–water partition coefficient (Wildman–Crippen LogP) is 4.25. The third-order valence-electron chi connectivity index (χ3n) is 5.47. The van der Waals surface area contributed by atoms with Gasteiger partial charge in [0.15, 0.2) is 0 Å². The summed E-state index contributed by atoms with van der Waals surface area (Å²) >= 11 is 12.0. The number of anilines is 1. The number of halogens is 3. The van der Waals surface area contributed by atoms with Gasteiger partial charge < -0.3 is 16.0 Å². The monoisotopic (exact) mass is 433 g/mol. The molecule has 3 N–H and O–H groups in total. The van der Waals surface area contributed by atoms with Crippen molar-refractivity contribution in [2.75, 3.05) is 11.9 Å². The van der Waals surface area contributed by atoms with Gasteiger partial charge in [0.25, 0.3) is 0 Å². The molecule has 5 nitrogen and oxygen atoms in total. The van der Waals surface area contributed by atoms with E-state index in [1.165, 1.54) is 0 Å². The lowest BCUT2D eigenvalue weighted by atomic mass is 9.96. The van der Waals surface area contributed by atoms with Crippen molar-refractivity contribution < 1.29 is 9.59 Å². The highest BCUT2D eigenvalue weighted by Crippen LogP contribution is 2.30. The summed E-state index contributed by atoms with van der Waals surface area (Å²) in [7, 11) is 0. The molecule has 1 saturated carbocycles. The Hall–Kier alpha value is -1.01. The van der Waals surface area contributed by atoms with Gasteiger partial charge in [-0.25, -0.2) is 0 Å². The Labute approximate surface area is 176 Å². The number of carbonyl (C=O) groups is 2. The molecule has 0 spiro atoms. The minimum Gasteiger partial charge on any atom is -0.331 e. The molecule has 150 valence electrons. The molecule has 1 aliphatic heterocycles. The molecule has 3 atom stereocenters. The summed E-state index contributed by atoms with van der Waals surface area (Å²) in [6.07, 6.45) is 6.02. The molecule has 1 saturated heterocycles. The van der Waals surface area contributed by atoms with Crippen molar-refractivity contribution in [2.24, 2.45) is 11.7 Å². The number of nitrogens with one attached hydrogen (secondary N) is 1. The minimum absolute atomic E-state index is 0. The molecule has 27 heavy (non-hydrogen) atoms. The Morgan fingerprint density at radius 1 is 1.15 bits per heavy atom. The van der Waals surface area contributed by atoms with Gasteiger partial charge in [0.2, 0.25) is 11.8 Å². The molecule has 1 aliphatic carbocycles. The number of likely N-dealkylation sites (tertiary alicyclic amines) is 1. The van der Waals surface area contributed by atoms with Gasteiger partial charge in [0.1, 0.15) is 6.04 Å². The van der Waals surface area contributed by atoms with Crippen LogP contribution in [-0.4, -0.2) is 35.3 Å². The molecule has 2 amide bonds. The van der Waals surface area contributed by atoms with E-state index in [1.54, 1.807) is 23.1 Å². The summed E-state index contributed by atoms with van der Waals surface area (Å²) in [5.74, 6) is 0.0752. The molecular formula is C19H26Cl3N3O2. The number of amides is 2. The summed E-state index contributed by atoms with van der Waals surface area (Å²) in [4.78, 5) is 27.4. The minimum atomic E-state index is -0.458. The molecule has 0 bridgehead atoms. The number of hydrogen-bond donors (Lipinski definition) is 2. The van der Waals surface area contributed by atoms with Crippen molar-refractivity contribution in [3.05, 3.63) is 28.2 Å². The van der Waals surface area contributed by atoms with Crippen molar-refractivity contribution in [1.29, 1.82) is 0 Å². The topological polar surface area (TPSA) is 75.4 Å². The van der Waals surface area contributed by atoms with E-state index < -0.39 is 6.04 Å². The second kappa shape index (κ2) is 9.97. The van der Waals surface area contributed by atoms with Crippen molar-refractivity contribution in [1.82, 2.24) is 4.90 Å². The smallest absolute Gasteiger partial charge is 0.247 e. The van der Waals surface area contributed by atoms with Crippen molar-refractivity contribution in [3.63, 3.8) is 0 Å². The molecule has 8 heteroatoms. The maximum absolute atomic E-state index is 12.8. The average molecular weight is 435 g/mol. The number of carbonyl (C=O) groups excluding carboxylic acids is 2. The Morgan fingerprint density at radius 2 is 1.93 bits per heavy atom. The fraction of sp³-hybridized carbons (Fsp3) is 0.579. The first-order chi connectivity index (χ1) is 12.5. The molecule has 2 aliphatic rings. The number of benzene rings is 1. The molecule has 1 heterocycles. The number of rotatable bonds is 4. The van der Waals surface area contributed by atoms with Gasteiger partial charge in [0.05, 0.1) is 10.7 Å². The highest BCUT2D eigenvalue weighted by Gasteiger charge is 2.35. The molecular weight excluding hydrogens is 409 g/mol. The lowest BCUT2D eigenvalue weighted by Gasteiger charge is -2.35. The van der Waals surface area contributed by atoms with Crippen LogP contribution in [0.15, 0.2) is 18.2 Å². The summed E-state index contributed by atoms with van der Waals surface area (Å²) in [5.41, 5.74) is 6.62. The second-order valence-corrected chi connectivity index (χ2v) is 8.11. The summed E-state index contributed by atoms with van der Waals surface area (Å²) < 4.78 is 0. The van der Waals surface area contributed by atoms with Crippen molar-refractivity contribution in [2.45, 2.75) is 57.0 Å². The van der Waals surface area contributed by atoms with E-state index in [2.05, 4.69) is 5.32 Å². The van der Waals surface area contributed by atoms with Crippen molar-refractivity contribution in [3.8, 4) is 0 Å². The third-order valence-corrected chi connectivity index (χ3v) is 6.02. The van der Waals surface area contributed by atoms with Crippen LogP contribution in [-0.2, 0) is 9.59 Å².